The van der Waals surface area contributed by atoms with Crippen molar-refractivity contribution in [3.05, 3.63) is 52.0 Å². The molecule has 0 radical (unpaired) electrons. The highest BCUT2D eigenvalue weighted by molar-refractivity contribution is 9.10. The van der Waals surface area contributed by atoms with Crippen LogP contribution < -0.4 is 15.4 Å². The maximum atomic E-state index is 12.7. The second-order valence-corrected chi connectivity index (χ2v) is 7.78. The maximum Gasteiger partial charge on any atom is 0.255 e. The Morgan fingerprint density at radius 1 is 1.21 bits per heavy atom. The van der Waals surface area contributed by atoms with Gasteiger partial charge in [0.2, 0.25) is 5.91 Å². The standard InChI is InChI=1S/C22H25BrN2O4/c1-3-21(26)24-18-7-4-8-19(14(18)2)25-22(27)15-9-10-20(17(23)12-15)29-13-16-6-5-11-28-16/h4,7-10,12,16H,3,5-6,11,13H2,1-2H3,(H,24,26)(H,25,27). The second-order valence-electron chi connectivity index (χ2n) is 6.93. The molecule has 0 saturated carbocycles. The van der Waals surface area contributed by atoms with Crippen LogP contribution in [0.2, 0.25) is 0 Å². The van der Waals surface area contributed by atoms with Gasteiger partial charge in [0.1, 0.15) is 12.4 Å². The first-order valence-corrected chi connectivity index (χ1v) is 10.5. The number of anilines is 2. The Morgan fingerprint density at radius 2 is 1.97 bits per heavy atom. The molecule has 1 heterocycles. The summed E-state index contributed by atoms with van der Waals surface area (Å²) in [5.74, 6) is 0.370. The van der Waals surface area contributed by atoms with Crippen LogP contribution in [0.1, 0.15) is 42.1 Å². The molecule has 2 N–H and O–H groups in total. The van der Waals surface area contributed by atoms with Crippen LogP contribution in [-0.2, 0) is 9.53 Å². The summed E-state index contributed by atoms with van der Waals surface area (Å²) in [4.78, 5) is 24.4. The zero-order valence-corrected chi connectivity index (χ0v) is 18.2. The molecule has 1 aliphatic rings. The average molecular weight is 461 g/mol. The number of halogens is 1. The maximum absolute atomic E-state index is 12.7. The van der Waals surface area contributed by atoms with Gasteiger partial charge in [-0.3, -0.25) is 9.59 Å². The smallest absolute Gasteiger partial charge is 0.255 e. The Labute approximate surface area is 179 Å². The summed E-state index contributed by atoms with van der Waals surface area (Å²) in [6.45, 7) is 4.94. The van der Waals surface area contributed by atoms with E-state index in [9.17, 15) is 9.59 Å². The van der Waals surface area contributed by atoms with Gasteiger partial charge in [-0.05, 0) is 71.6 Å². The quantitative estimate of drug-likeness (QED) is 0.614. The monoisotopic (exact) mass is 460 g/mol. The number of ether oxygens (including phenoxy) is 2. The Morgan fingerprint density at radius 3 is 2.62 bits per heavy atom. The van der Waals surface area contributed by atoms with Crippen LogP contribution in [0, 0.1) is 6.92 Å². The lowest BCUT2D eigenvalue weighted by Gasteiger charge is -2.15. The molecule has 1 atom stereocenters. The van der Waals surface area contributed by atoms with Crippen LogP contribution in [0.3, 0.4) is 0 Å². The van der Waals surface area contributed by atoms with Gasteiger partial charge in [0.15, 0.2) is 0 Å². The van der Waals surface area contributed by atoms with E-state index >= 15 is 0 Å². The fourth-order valence-electron chi connectivity index (χ4n) is 3.06. The summed E-state index contributed by atoms with van der Waals surface area (Å²) in [6, 6.07) is 10.7. The molecular weight excluding hydrogens is 436 g/mol. The van der Waals surface area contributed by atoms with Crippen molar-refractivity contribution in [2.75, 3.05) is 23.8 Å². The van der Waals surface area contributed by atoms with Gasteiger partial charge >= 0.3 is 0 Å². The molecule has 0 aromatic heterocycles. The van der Waals surface area contributed by atoms with E-state index in [1.54, 1.807) is 31.2 Å². The van der Waals surface area contributed by atoms with E-state index in [2.05, 4.69) is 26.6 Å². The van der Waals surface area contributed by atoms with Crippen LogP contribution >= 0.6 is 15.9 Å². The van der Waals surface area contributed by atoms with E-state index in [1.807, 2.05) is 19.1 Å². The van der Waals surface area contributed by atoms with Crippen LogP contribution in [0.15, 0.2) is 40.9 Å². The molecule has 6 nitrogen and oxygen atoms in total. The van der Waals surface area contributed by atoms with Crippen molar-refractivity contribution in [3.8, 4) is 5.75 Å². The molecule has 0 bridgehead atoms. The summed E-state index contributed by atoms with van der Waals surface area (Å²) >= 11 is 3.48. The van der Waals surface area contributed by atoms with E-state index in [1.165, 1.54) is 0 Å². The van der Waals surface area contributed by atoms with E-state index in [-0.39, 0.29) is 17.9 Å². The zero-order chi connectivity index (χ0) is 20.8. The number of amides is 2. The van der Waals surface area contributed by atoms with Crippen molar-refractivity contribution in [1.29, 1.82) is 0 Å². The van der Waals surface area contributed by atoms with Crippen molar-refractivity contribution in [2.45, 2.75) is 39.2 Å². The Bertz CT molecular complexity index is 894. The first-order valence-electron chi connectivity index (χ1n) is 9.72. The molecule has 2 amide bonds. The molecule has 3 rings (SSSR count). The minimum atomic E-state index is -0.238. The normalized spacial score (nSPS) is 15.8. The Hall–Kier alpha value is -2.38. The number of benzene rings is 2. The summed E-state index contributed by atoms with van der Waals surface area (Å²) in [5.41, 5.74) is 2.65. The molecule has 1 fully saturated rings. The third kappa shape index (κ3) is 5.58. The first-order chi connectivity index (χ1) is 14.0. The van der Waals surface area contributed by atoms with Crippen molar-refractivity contribution in [3.63, 3.8) is 0 Å². The molecule has 0 aliphatic carbocycles. The van der Waals surface area contributed by atoms with Crippen LogP contribution in [0.5, 0.6) is 5.75 Å². The van der Waals surface area contributed by atoms with Crippen molar-refractivity contribution < 1.29 is 19.1 Å². The van der Waals surface area contributed by atoms with Gasteiger partial charge < -0.3 is 20.1 Å². The average Bonchev–Trinajstić information content (AvgIpc) is 3.23. The van der Waals surface area contributed by atoms with Crippen LogP contribution in [0.4, 0.5) is 11.4 Å². The van der Waals surface area contributed by atoms with Crippen molar-refractivity contribution >= 4 is 39.1 Å². The predicted molar refractivity (Wildman–Crippen MR) is 117 cm³/mol. The number of carbonyl (C=O) groups excluding carboxylic acids is 2. The minimum absolute atomic E-state index is 0.0703. The summed E-state index contributed by atoms with van der Waals surface area (Å²) in [7, 11) is 0. The van der Waals surface area contributed by atoms with Crippen molar-refractivity contribution in [1.82, 2.24) is 0 Å². The topological polar surface area (TPSA) is 76.7 Å². The van der Waals surface area contributed by atoms with Gasteiger partial charge in [0.25, 0.3) is 5.91 Å². The summed E-state index contributed by atoms with van der Waals surface area (Å²) in [5, 5.41) is 5.75. The van der Waals surface area contributed by atoms with Gasteiger partial charge in [-0.1, -0.05) is 13.0 Å². The van der Waals surface area contributed by atoms with Gasteiger partial charge in [0.05, 0.1) is 10.6 Å². The first kappa shape index (κ1) is 21.3. The lowest BCUT2D eigenvalue weighted by atomic mass is 10.1. The second kappa shape index (κ2) is 9.89. The molecule has 2 aromatic carbocycles. The fourth-order valence-corrected chi connectivity index (χ4v) is 3.55. The minimum Gasteiger partial charge on any atom is -0.490 e. The molecule has 2 aromatic rings. The highest BCUT2D eigenvalue weighted by atomic mass is 79.9. The molecule has 0 spiro atoms. The highest BCUT2D eigenvalue weighted by Crippen LogP contribution is 2.28. The number of nitrogens with one attached hydrogen (secondary N) is 2. The lowest BCUT2D eigenvalue weighted by Crippen LogP contribution is -2.17. The largest absolute Gasteiger partial charge is 0.490 e. The molecule has 154 valence electrons. The van der Waals surface area contributed by atoms with Gasteiger partial charge in [-0.2, -0.15) is 0 Å². The predicted octanol–water partition coefficient (Wildman–Crippen LogP) is 4.92. The number of hydrogen-bond acceptors (Lipinski definition) is 4. The number of hydrogen-bond donors (Lipinski definition) is 2. The molecular formula is C22H25BrN2O4. The molecule has 29 heavy (non-hydrogen) atoms. The number of rotatable bonds is 7. The third-order valence-corrected chi connectivity index (χ3v) is 5.44. The third-order valence-electron chi connectivity index (χ3n) is 4.82. The number of carbonyl (C=O) groups is 2. The van der Waals surface area contributed by atoms with E-state index in [0.29, 0.717) is 40.2 Å². The van der Waals surface area contributed by atoms with E-state index in [4.69, 9.17) is 9.47 Å². The molecule has 7 heteroatoms. The summed E-state index contributed by atoms with van der Waals surface area (Å²) < 4.78 is 12.1. The Kier molecular flexibility index (Phi) is 7.28. The van der Waals surface area contributed by atoms with E-state index < -0.39 is 0 Å². The fraction of sp³-hybridized carbons (Fsp3) is 0.364. The van der Waals surface area contributed by atoms with Gasteiger partial charge in [0, 0.05) is 30.0 Å². The van der Waals surface area contributed by atoms with Gasteiger partial charge in [-0.25, -0.2) is 0 Å². The van der Waals surface area contributed by atoms with E-state index in [0.717, 1.165) is 25.0 Å². The molecule has 1 aliphatic heterocycles. The van der Waals surface area contributed by atoms with Crippen molar-refractivity contribution in [2.24, 2.45) is 0 Å². The molecule has 1 unspecified atom stereocenters. The molecule has 1 saturated heterocycles. The lowest BCUT2D eigenvalue weighted by molar-refractivity contribution is -0.115. The van der Waals surface area contributed by atoms with Crippen LogP contribution in [-0.4, -0.2) is 31.1 Å². The Balaban J connectivity index is 1.66. The summed E-state index contributed by atoms with van der Waals surface area (Å²) in [6.07, 6.45) is 2.60. The highest BCUT2D eigenvalue weighted by Gasteiger charge is 2.17. The van der Waals surface area contributed by atoms with Crippen LogP contribution in [0.25, 0.3) is 0 Å². The SMILES string of the molecule is CCC(=O)Nc1cccc(NC(=O)c2ccc(OCC3CCCO3)c(Br)c2)c1C. The zero-order valence-electron chi connectivity index (χ0n) is 16.6. The van der Waals surface area contributed by atoms with Gasteiger partial charge in [-0.15, -0.1) is 0 Å².